The molecule has 3 fully saturated rings. The van der Waals surface area contributed by atoms with Crippen LogP contribution in [0.5, 0.6) is 0 Å². The van der Waals surface area contributed by atoms with Crippen molar-refractivity contribution in [2.75, 3.05) is 0 Å². The van der Waals surface area contributed by atoms with Crippen LogP contribution in [0.3, 0.4) is 0 Å². The number of hydrogen-bond acceptors (Lipinski definition) is 1. The van der Waals surface area contributed by atoms with Crippen LogP contribution in [0.4, 0.5) is 0 Å². The maximum Gasteiger partial charge on any atom is 0.303 e. The molecule has 0 radical (unpaired) electrons. The molecule has 1 N–H and O–H groups in total. The number of carboxylic acid groups (broad SMARTS) is 1. The van der Waals surface area contributed by atoms with Gasteiger partial charge in [-0.15, -0.1) is 0 Å². The van der Waals surface area contributed by atoms with Gasteiger partial charge in [0, 0.05) is 6.42 Å². The fraction of sp³-hybridized carbons (Fsp3) is 0.958. The van der Waals surface area contributed by atoms with Crippen molar-refractivity contribution in [1.29, 1.82) is 0 Å². The second-order valence-electron chi connectivity index (χ2n) is 10.2. The van der Waals surface area contributed by atoms with E-state index in [1.54, 1.807) is 0 Å². The van der Waals surface area contributed by atoms with Crippen molar-refractivity contribution in [3.8, 4) is 0 Å². The predicted octanol–water partition coefficient (Wildman–Crippen LogP) is 7.07. The normalized spacial score (nSPS) is 40.3. The highest BCUT2D eigenvalue weighted by Crippen LogP contribution is 2.60. The van der Waals surface area contributed by atoms with Gasteiger partial charge in [0.15, 0.2) is 0 Å². The van der Waals surface area contributed by atoms with Crippen molar-refractivity contribution >= 4 is 5.97 Å². The van der Waals surface area contributed by atoms with Crippen molar-refractivity contribution in [3.05, 3.63) is 0 Å². The number of carbonyl (C=O) groups is 1. The molecule has 0 aliphatic heterocycles. The average molecular weight is 363 g/mol. The van der Waals surface area contributed by atoms with E-state index in [1.807, 2.05) is 0 Å². The third kappa shape index (κ3) is 4.47. The van der Waals surface area contributed by atoms with Gasteiger partial charge in [0.1, 0.15) is 0 Å². The van der Waals surface area contributed by atoms with Crippen molar-refractivity contribution in [1.82, 2.24) is 0 Å². The molecule has 0 saturated heterocycles. The summed E-state index contributed by atoms with van der Waals surface area (Å²) in [6.45, 7) is 5.02. The van der Waals surface area contributed by atoms with Crippen LogP contribution in [-0.4, -0.2) is 11.1 Å². The van der Waals surface area contributed by atoms with Crippen LogP contribution in [0.1, 0.15) is 110 Å². The smallest absolute Gasteiger partial charge is 0.303 e. The number of unbranched alkanes of at least 4 members (excludes halogenated alkanes) is 1. The molecule has 2 heteroatoms. The molecular weight excluding hydrogens is 320 g/mol. The first-order valence-corrected chi connectivity index (χ1v) is 11.8. The van der Waals surface area contributed by atoms with Gasteiger partial charge in [-0.05, 0) is 92.8 Å². The van der Waals surface area contributed by atoms with E-state index in [0.29, 0.717) is 11.8 Å². The van der Waals surface area contributed by atoms with Gasteiger partial charge in [-0.25, -0.2) is 0 Å². The lowest BCUT2D eigenvalue weighted by atomic mass is 9.50. The zero-order valence-electron chi connectivity index (χ0n) is 17.3. The van der Waals surface area contributed by atoms with E-state index >= 15 is 0 Å². The van der Waals surface area contributed by atoms with Crippen molar-refractivity contribution in [2.24, 2.45) is 35.0 Å². The Morgan fingerprint density at radius 3 is 2.65 bits per heavy atom. The van der Waals surface area contributed by atoms with Crippen molar-refractivity contribution in [3.63, 3.8) is 0 Å². The van der Waals surface area contributed by atoms with Gasteiger partial charge in [0.25, 0.3) is 0 Å². The first kappa shape index (κ1) is 20.2. The molecule has 0 aromatic rings. The summed E-state index contributed by atoms with van der Waals surface area (Å²) < 4.78 is 0. The number of carboxylic acids is 1. The van der Waals surface area contributed by atoms with Crippen LogP contribution in [-0.2, 0) is 4.79 Å². The van der Waals surface area contributed by atoms with E-state index in [1.165, 1.54) is 77.0 Å². The average Bonchev–Trinajstić information content (AvgIpc) is 3.07. The van der Waals surface area contributed by atoms with E-state index < -0.39 is 5.97 Å². The Labute approximate surface area is 161 Å². The van der Waals surface area contributed by atoms with Crippen LogP contribution < -0.4 is 0 Å². The van der Waals surface area contributed by atoms with Gasteiger partial charge in [-0.1, -0.05) is 46.0 Å². The van der Waals surface area contributed by atoms with Gasteiger partial charge >= 0.3 is 5.97 Å². The van der Waals surface area contributed by atoms with Gasteiger partial charge < -0.3 is 5.11 Å². The molecule has 3 aliphatic carbocycles. The lowest BCUT2D eigenvalue weighted by Crippen LogP contribution is -2.47. The zero-order chi connectivity index (χ0) is 18.6. The summed E-state index contributed by atoms with van der Waals surface area (Å²) in [4.78, 5) is 10.8. The molecule has 0 aromatic carbocycles. The molecule has 3 aliphatic rings. The second-order valence-corrected chi connectivity index (χ2v) is 10.2. The van der Waals surface area contributed by atoms with E-state index in [-0.39, 0.29) is 0 Å². The van der Waals surface area contributed by atoms with Gasteiger partial charge in [-0.2, -0.15) is 0 Å². The number of aliphatic carboxylic acids is 1. The van der Waals surface area contributed by atoms with E-state index in [2.05, 4.69) is 13.8 Å². The summed E-state index contributed by atoms with van der Waals surface area (Å²) in [6, 6.07) is 0. The molecule has 3 saturated carbocycles. The molecule has 3 rings (SSSR count). The summed E-state index contributed by atoms with van der Waals surface area (Å²) in [6.07, 6.45) is 19.7. The summed E-state index contributed by atoms with van der Waals surface area (Å²) in [5.41, 5.74) is 0.623. The van der Waals surface area contributed by atoms with Crippen LogP contribution in [0.2, 0.25) is 0 Å². The molecular formula is C24H42O2. The lowest BCUT2D eigenvalue weighted by molar-refractivity contribution is -0.137. The molecule has 0 aromatic heterocycles. The van der Waals surface area contributed by atoms with Gasteiger partial charge in [-0.3, -0.25) is 4.79 Å². The predicted molar refractivity (Wildman–Crippen MR) is 108 cm³/mol. The topological polar surface area (TPSA) is 37.3 Å². The molecule has 6 atom stereocenters. The maximum atomic E-state index is 10.8. The quantitative estimate of drug-likeness (QED) is 0.501. The monoisotopic (exact) mass is 362 g/mol. The number of hydrogen-bond donors (Lipinski definition) is 1. The summed E-state index contributed by atoms with van der Waals surface area (Å²) >= 11 is 0. The molecule has 0 bridgehead atoms. The molecule has 2 nitrogen and oxygen atoms in total. The Morgan fingerprint density at radius 1 is 1.04 bits per heavy atom. The molecule has 6 unspecified atom stereocenters. The maximum absolute atomic E-state index is 10.8. The molecule has 26 heavy (non-hydrogen) atoms. The van der Waals surface area contributed by atoms with Crippen LogP contribution in [0, 0.1) is 35.0 Å². The first-order valence-electron chi connectivity index (χ1n) is 11.8. The van der Waals surface area contributed by atoms with Crippen molar-refractivity contribution < 1.29 is 9.90 Å². The highest BCUT2D eigenvalue weighted by atomic mass is 16.4. The summed E-state index contributed by atoms with van der Waals surface area (Å²) in [5, 5.41) is 8.90. The molecule has 0 spiro atoms. The fourth-order valence-corrected chi connectivity index (χ4v) is 7.32. The number of rotatable bonds is 8. The molecule has 0 heterocycles. The SMILES string of the molecule is CCCCC1C(C2CCC(CCCC(=O)O)C2)CCC2CCCCC21C. The standard InChI is InChI=1S/C24H42O2/c1-3-4-10-22-21(15-14-20-9-5-6-16-24(20,22)2)19-13-12-18(17-19)8-7-11-23(25)26/h18-22H,3-17H2,1-2H3,(H,25,26). The van der Waals surface area contributed by atoms with Crippen molar-refractivity contribution in [2.45, 2.75) is 110 Å². The van der Waals surface area contributed by atoms with Gasteiger partial charge in [0.2, 0.25) is 0 Å². The third-order valence-corrected chi connectivity index (χ3v) is 8.72. The van der Waals surface area contributed by atoms with Crippen LogP contribution in [0.25, 0.3) is 0 Å². The largest absolute Gasteiger partial charge is 0.481 e. The second kappa shape index (κ2) is 9.11. The van der Waals surface area contributed by atoms with E-state index in [9.17, 15) is 4.79 Å². The summed E-state index contributed by atoms with van der Waals surface area (Å²) in [7, 11) is 0. The Kier molecular flexibility index (Phi) is 7.08. The third-order valence-electron chi connectivity index (χ3n) is 8.72. The highest BCUT2D eigenvalue weighted by Gasteiger charge is 2.50. The highest BCUT2D eigenvalue weighted by molar-refractivity contribution is 5.66. The Balaban J connectivity index is 1.63. The van der Waals surface area contributed by atoms with Crippen LogP contribution in [0.15, 0.2) is 0 Å². The molecule has 150 valence electrons. The Bertz CT molecular complexity index is 459. The summed E-state index contributed by atoms with van der Waals surface area (Å²) in [5.74, 6) is 4.05. The minimum absolute atomic E-state index is 0.365. The van der Waals surface area contributed by atoms with E-state index in [4.69, 9.17) is 5.11 Å². The fourth-order valence-electron chi connectivity index (χ4n) is 7.32. The van der Waals surface area contributed by atoms with Gasteiger partial charge in [0.05, 0.1) is 0 Å². The Morgan fingerprint density at radius 2 is 1.88 bits per heavy atom. The Hall–Kier alpha value is -0.530. The van der Waals surface area contributed by atoms with E-state index in [0.717, 1.165) is 42.4 Å². The first-order chi connectivity index (χ1) is 12.5. The minimum atomic E-state index is -0.622. The zero-order valence-corrected chi connectivity index (χ0v) is 17.3. The molecule has 0 amide bonds. The van der Waals surface area contributed by atoms with Crippen LogP contribution >= 0.6 is 0 Å². The number of fused-ring (bicyclic) bond motifs is 1. The lowest BCUT2D eigenvalue weighted by Gasteiger charge is -2.55. The minimum Gasteiger partial charge on any atom is -0.481 e.